The molecule has 0 unspecified atom stereocenters. The molecule has 44 valence electrons. The maximum absolute atomic E-state index is 4.94. The van der Waals surface area contributed by atoms with E-state index in [0.717, 1.165) is 12.3 Å². The largest absolute Gasteiger partial charge is 0.357 e. The van der Waals surface area contributed by atoms with Crippen LogP contribution in [0.5, 0.6) is 0 Å². The Bertz CT molecular complexity index is 102. The maximum atomic E-state index is 4.94. The van der Waals surface area contributed by atoms with Gasteiger partial charge in [0.1, 0.15) is 0 Å². The summed E-state index contributed by atoms with van der Waals surface area (Å²) in [6.45, 7) is 0.958. The monoisotopic (exact) mass is 128 g/mol. The second-order valence-corrected chi connectivity index (χ2v) is 2.21. The van der Waals surface area contributed by atoms with Crippen molar-refractivity contribution in [1.82, 2.24) is 0 Å². The van der Waals surface area contributed by atoms with Gasteiger partial charge in [-0.2, -0.15) is 0 Å². The predicted octanol–water partition coefficient (Wildman–Crippen LogP) is 0.108. The van der Waals surface area contributed by atoms with Gasteiger partial charge in [-0.1, -0.05) is 5.92 Å². The van der Waals surface area contributed by atoms with E-state index in [1.165, 1.54) is 0 Å². The molecule has 0 spiro atoms. The average Bonchev–Trinajstić information content (AvgIpc) is 1.81. The second-order valence-electron chi connectivity index (χ2n) is 1.19. The summed E-state index contributed by atoms with van der Waals surface area (Å²) < 4.78 is 0. The molecule has 0 aromatic rings. The smallest absolute Gasteiger partial charge is 0.0835 e. The van der Waals surface area contributed by atoms with E-state index < -0.39 is 0 Å². The fraction of sp³-hybridized carbons (Fsp3) is 0.333. The van der Waals surface area contributed by atoms with Crippen molar-refractivity contribution in [3.05, 3.63) is 11.5 Å². The molecule has 0 bridgehead atoms. The third kappa shape index (κ3) is 5.61. The number of thioether (sulfide) groups is 1. The van der Waals surface area contributed by atoms with E-state index in [0.29, 0.717) is 0 Å². The molecule has 8 heavy (non-hydrogen) atoms. The van der Waals surface area contributed by atoms with Gasteiger partial charge in [-0.05, 0) is 11.5 Å². The van der Waals surface area contributed by atoms with Crippen molar-refractivity contribution in [3.63, 3.8) is 0 Å². The van der Waals surface area contributed by atoms with Crippen LogP contribution in [0.3, 0.4) is 0 Å². The maximum Gasteiger partial charge on any atom is 0.0835 e. The molecule has 0 rings (SSSR count). The highest BCUT2D eigenvalue weighted by Crippen LogP contribution is 1.97. The Labute approximate surface area is 54.3 Å². The van der Waals surface area contributed by atoms with Crippen molar-refractivity contribution in [2.75, 3.05) is 12.3 Å². The number of terminal acetylenes is 1. The number of quaternary nitrogens is 1. The number of hydrogen-bond donors (Lipinski definition) is 1. The van der Waals surface area contributed by atoms with Crippen LogP contribution in [-0.2, 0) is 0 Å². The van der Waals surface area contributed by atoms with Crippen LogP contribution >= 0.6 is 11.8 Å². The van der Waals surface area contributed by atoms with E-state index in [1.54, 1.807) is 17.8 Å². The normalized spacial score (nSPS) is 9.50. The lowest BCUT2D eigenvalue weighted by Crippen LogP contribution is -2.51. The molecule has 0 radical (unpaired) electrons. The Morgan fingerprint density at radius 2 is 2.50 bits per heavy atom. The SMILES string of the molecule is C#C/C=C\SCC[NH3+]. The van der Waals surface area contributed by atoms with Gasteiger partial charge in [0.15, 0.2) is 0 Å². The van der Waals surface area contributed by atoms with Gasteiger partial charge in [-0.25, -0.2) is 0 Å². The zero-order valence-electron chi connectivity index (χ0n) is 4.76. The van der Waals surface area contributed by atoms with E-state index in [-0.39, 0.29) is 0 Å². The van der Waals surface area contributed by atoms with Crippen LogP contribution in [0.4, 0.5) is 0 Å². The molecular weight excluding hydrogens is 118 g/mol. The molecule has 0 amide bonds. The van der Waals surface area contributed by atoms with Crippen LogP contribution in [0, 0.1) is 12.3 Å². The van der Waals surface area contributed by atoms with E-state index in [1.807, 2.05) is 5.41 Å². The molecule has 0 aliphatic carbocycles. The van der Waals surface area contributed by atoms with Crippen LogP contribution in [0.1, 0.15) is 0 Å². The molecule has 1 nitrogen and oxygen atoms in total. The highest BCUT2D eigenvalue weighted by molar-refractivity contribution is 8.02. The minimum Gasteiger partial charge on any atom is -0.357 e. The first-order valence-electron chi connectivity index (χ1n) is 2.44. The first-order chi connectivity index (χ1) is 3.91. The molecule has 0 saturated heterocycles. The van der Waals surface area contributed by atoms with Crippen molar-refractivity contribution < 1.29 is 5.73 Å². The van der Waals surface area contributed by atoms with E-state index >= 15 is 0 Å². The Morgan fingerprint density at radius 1 is 1.75 bits per heavy atom. The average molecular weight is 128 g/mol. The lowest BCUT2D eigenvalue weighted by Gasteiger charge is -1.82. The molecule has 0 atom stereocenters. The van der Waals surface area contributed by atoms with Crippen molar-refractivity contribution in [2.45, 2.75) is 0 Å². The van der Waals surface area contributed by atoms with Gasteiger partial charge >= 0.3 is 0 Å². The molecule has 0 aliphatic rings. The standard InChI is InChI=1S/C6H9NS/c1-2-3-5-8-6-4-7/h1,3,5H,4,6-7H2/p+1/b5-3-. The van der Waals surface area contributed by atoms with E-state index in [4.69, 9.17) is 6.42 Å². The van der Waals surface area contributed by atoms with Crippen molar-refractivity contribution in [3.8, 4) is 12.3 Å². The Balaban J connectivity index is 2.94. The van der Waals surface area contributed by atoms with Gasteiger partial charge in [0.2, 0.25) is 0 Å². The zero-order chi connectivity index (χ0) is 6.24. The summed E-state index contributed by atoms with van der Waals surface area (Å²) in [6.07, 6.45) is 6.64. The van der Waals surface area contributed by atoms with Crippen LogP contribution in [0.25, 0.3) is 0 Å². The zero-order valence-corrected chi connectivity index (χ0v) is 5.58. The summed E-state index contributed by atoms with van der Waals surface area (Å²) in [6, 6.07) is 0. The molecule has 0 aromatic carbocycles. The lowest BCUT2D eigenvalue weighted by atomic mass is 10.7. The fourth-order valence-corrected chi connectivity index (χ4v) is 0.716. The topological polar surface area (TPSA) is 27.6 Å². The lowest BCUT2D eigenvalue weighted by molar-refractivity contribution is -0.360. The predicted molar refractivity (Wildman–Crippen MR) is 38.2 cm³/mol. The molecule has 0 heterocycles. The van der Waals surface area contributed by atoms with Gasteiger partial charge in [-0.3, -0.25) is 0 Å². The van der Waals surface area contributed by atoms with Crippen molar-refractivity contribution in [1.29, 1.82) is 0 Å². The number of hydrogen-bond acceptors (Lipinski definition) is 1. The highest BCUT2D eigenvalue weighted by Gasteiger charge is 1.76. The van der Waals surface area contributed by atoms with Gasteiger partial charge in [0.25, 0.3) is 0 Å². The van der Waals surface area contributed by atoms with Crippen molar-refractivity contribution in [2.24, 2.45) is 0 Å². The summed E-state index contributed by atoms with van der Waals surface area (Å²) in [5.41, 5.74) is 3.68. The van der Waals surface area contributed by atoms with Gasteiger partial charge < -0.3 is 5.73 Å². The minimum atomic E-state index is 0.958. The Morgan fingerprint density at radius 3 is 3.00 bits per heavy atom. The van der Waals surface area contributed by atoms with Gasteiger partial charge in [0, 0.05) is 5.75 Å². The fourth-order valence-electron chi connectivity index (χ4n) is 0.239. The van der Waals surface area contributed by atoms with Crippen LogP contribution in [0.15, 0.2) is 11.5 Å². The van der Waals surface area contributed by atoms with Crippen LogP contribution in [-0.4, -0.2) is 12.3 Å². The summed E-state index contributed by atoms with van der Waals surface area (Å²) >= 11 is 1.69. The Hall–Kier alpha value is -0.390. The number of allylic oxidation sites excluding steroid dienone is 1. The van der Waals surface area contributed by atoms with Crippen molar-refractivity contribution >= 4 is 11.8 Å². The highest BCUT2D eigenvalue weighted by atomic mass is 32.2. The Kier molecular flexibility index (Phi) is 6.29. The molecule has 2 heteroatoms. The third-order valence-corrected chi connectivity index (χ3v) is 1.38. The third-order valence-electron chi connectivity index (χ3n) is 0.523. The summed E-state index contributed by atoms with van der Waals surface area (Å²) in [7, 11) is 0. The molecule has 0 saturated carbocycles. The quantitative estimate of drug-likeness (QED) is 0.424. The molecule has 0 fully saturated rings. The van der Waals surface area contributed by atoms with Gasteiger partial charge in [-0.15, -0.1) is 18.2 Å². The minimum absolute atomic E-state index is 0.958. The number of rotatable bonds is 3. The summed E-state index contributed by atoms with van der Waals surface area (Å²) in [5.74, 6) is 3.46. The van der Waals surface area contributed by atoms with Crippen LogP contribution < -0.4 is 5.73 Å². The van der Waals surface area contributed by atoms with E-state index in [2.05, 4.69) is 11.7 Å². The second kappa shape index (κ2) is 6.61. The van der Waals surface area contributed by atoms with Gasteiger partial charge in [0.05, 0.1) is 6.54 Å². The molecule has 0 aromatic heterocycles. The van der Waals surface area contributed by atoms with E-state index in [9.17, 15) is 0 Å². The molecule has 3 N–H and O–H groups in total. The first kappa shape index (κ1) is 7.61. The first-order valence-corrected chi connectivity index (χ1v) is 3.48. The summed E-state index contributed by atoms with van der Waals surface area (Å²) in [5, 5.41) is 1.91. The van der Waals surface area contributed by atoms with Crippen LogP contribution in [0.2, 0.25) is 0 Å². The summed E-state index contributed by atoms with van der Waals surface area (Å²) in [4.78, 5) is 0. The molecular formula is C6H10NS+. The molecule has 0 aliphatic heterocycles.